The molecule has 1 aromatic heterocycles. The number of hydrogen-bond donors (Lipinski definition) is 2. The van der Waals surface area contributed by atoms with Gasteiger partial charge in [-0.1, -0.05) is 51.1 Å². The van der Waals surface area contributed by atoms with E-state index in [-0.39, 0.29) is 11.3 Å². The molecule has 21 heavy (non-hydrogen) atoms. The maximum Gasteiger partial charge on any atom is 0.241 e. The van der Waals surface area contributed by atoms with Crippen molar-refractivity contribution in [3.05, 3.63) is 42.7 Å². The van der Waals surface area contributed by atoms with Crippen LogP contribution >= 0.6 is 0 Å². The Morgan fingerprint density at radius 1 is 1.14 bits per heavy atom. The lowest BCUT2D eigenvalue weighted by molar-refractivity contribution is -0.119. The van der Waals surface area contributed by atoms with E-state index >= 15 is 0 Å². The van der Waals surface area contributed by atoms with Crippen LogP contribution < -0.4 is 11.1 Å². The van der Waals surface area contributed by atoms with Crippen LogP contribution in [0.3, 0.4) is 0 Å². The average molecular weight is 284 g/mol. The third kappa shape index (κ3) is 3.86. The molecule has 0 fully saturated rings. The predicted octanol–water partition coefficient (Wildman–Crippen LogP) is 2.46. The van der Waals surface area contributed by atoms with E-state index in [1.165, 1.54) is 0 Å². The van der Waals surface area contributed by atoms with Crippen molar-refractivity contribution in [3.8, 4) is 11.4 Å². The third-order valence-corrected chi connectivity index (χ3v) is 3.17. The molecule has 0 bridgehead atoms. The lowest BCUT2D eigenvalue weighted by Crippen LogP contribution is -2.45. The largest absolute Gasteiger partial charge is 0.322 e. The van der Waals surface area contributed by atoms with Crippen molar-refractivity contribution < 1.29 is 4.79 Å². The first-order chi connectivity index (χ1) is 9.88. The zero-order chi connectivity index (χ0) is 15.5. The molecule has 0 spiro atoms. The minimum Gasteiger partial charge on any atom is -0.322 e. The van der Waals surface area contributed by atoms with Crippen LogP contribution in [0.15, 0.2) is 42.7 Å². The van der Waals surface area contributed by atoms with Gasteiger partial charge in [0.05, 0.1) is 24.1 Å². The maximum atomic E-state index is 12.0. The molecule has 1 unspecified atom stereocenters. The average Bonchev–Trinajstić information content (AvgIpc) is 2.47. The van der Waals surface area contributed by atoms with Crippen molar-refractivity contribution in [1.82, 2.24) is 9.97 Å². The zero-order valence-electron chi connectivity index (χ0n) is 12.5. The van der Waals surface area contributed by atoms with Gasteiger partial charge < -0.3 is 11.1 Å². The topological polar surface area (TPSA) is 80.9 Å². The van der Waals surface area contributed by atoms with Crippen molar-refractivity contribution in [2.45, 2.75) is 26.8 Å². The standard InChI is InChI=1S/C16H20N4O/c1-16(2,3)13(17)15(21)20-12-9-18-14(19-10-12)11-7-5-4-6-8-11/h4-10,13H,17H2,1-3H3,(H,20,21). The number of carbonyl (C=O) groups excluding carboxylic acids is 1. The summed E-state index contributed by atoms with van der Waals surface area (Å²) in [5.74, 6) is 0.382. The number of rotatable bonds is 3. The Hall–Kier alpha value is -2.27. The van der Waals surface area contributed by atoms with E-state index in [0.717, 1.165) is 5.56 Å². The van der Waals surface area contributed by atoms with Gasteiger partial charge >= 0.3 is 0 Å². The molecule has 5 nitrogen and oxygen atoms in total. The van der Waals surface area contributed by atoms with E-state index in [1.54, 1.807) is 12.4 Å². The van der Waals surface area contributed by atoms with Crippen LogP contribution in [0.1, 0.15) is 20.8 Å². The summed E-state index contributed by atoms with van der Waals surface area (Å²) in [5.41, 5.74) is 7.09. The highest BCUT2D eigenvalue weighted by molar-refractivity contribution is 5.95. The molecule has 1 heterocycles. The van der Waals surface area contributed by atoms with Gasteiger partial charge in [0.1, 0.15) is 0 Å². The lowest BCUT2D eigenvalue weighted by Gasteiger charge is -2.25. The first-order valence-electron chi connectivity index (χ1n) is 6.82. The Kier molecular flexibility index (Phi) is 4.33. The molecule has 0 aliphatic rings. The summed E-state index contributed by atoms with van der Waals surface area (Å²) in [6.07, 6.45) is 3.17. The number of nitrogens with two attached hydrogens (primary N) is 1. The maximum absolute atomic E-state index is 12.0. The van der Waals surface area contributed by atoms with Crippen LogP contribution in [0.25, 0.3) is 11.4 Å². The Balaban J connectivity index is 2.08. The van der Waals surface area contributed by atoms with Crippen molar-refractivity contribution in [3.63, 3.8) is 0 Å². The quantitative estimate of drug-likeness (QED) is 0.907. The zero-order valence-corrected chi connectivity index (χ0v) is 12.5. The number of carbonyl (C=O) groups is 1. The second-order valence-electron chi connectivity index (χ2n) is 5.99. The molecule has 0 radical (unpaired) electrons. The van der Waals surface area contributed by atoms with Gasteiger partial charge in [-0.05, 0) is 5.41 Å². The summed E-state index contributed by atoms with van der Waals surface area (Å²) in [6, 6.07) is 9.07. The fourth-order valence-corrected chi connectivity index (χ4v) is 1.74. The highest BCUT2D eigenvalue weighted by Crippen LogP contribution is 2.19. The van der Waals surface area contributed by atoms with Crippen LogP contribution in [0.2, 0.25) is 0 Å². The molecule has 2 aromatic rings. The van der Waals surface area contributed by atoms with E-state index in [9.17, 15) is 4.79 Å². The van der Waals surface area contributed by atoms with Gasteiger partial charge in [-0.25, -0.2) is 9.97 Å². The molecular formula is C16H20N4O. The molecule has 1 amide bonds. The fourth-order valence-electron chi connectivity index (χ4n) is 1.74. The Bertz CT molecular complexity index is 602. The van der Waals surface area contributed by atoms with Crippen LogP contribution in [0, 0.1) is 5.41 Å². The molecule has 5 heteroatoms. The Morgan fingerprint density at radius 2 is 1.71 bits per heavy atom. The van der Waals surface area contributed by atoms with Crippen LogP contribution in [-0.4, -0.2) is 21.9 Å². The van der Waals surface area contributed by atoms with Crippen LogP contribution in [0.4, 0.5) is 5.69 Å². The highest BCUT2D eigenvalue weighted by Gasteiger charge is 2.27. The molecule has 3 N–H and O–H groups in total. The summed E-state index contributed by atoms with van der Waals surface area (Å²) in [6.45, 7) is 5.77. The Morgan fingerprint density at radius 3 is 2.24 bits per heavy atom. The summed E-state index contributed by atoms with van der Waals surface area (Å²) >= 11 is 0. The van der Waals surface area contributed by atoms with Crippen molar-refractivity contribution in [1.29, 1.82) is 0 Å². The smallest absolute Gasteiger partial charge is 0.241 e. The van der Waals surface area contributed by atoms with Crippen molar-refractivity contribution >= 4 is 11.6 Å². The molecule has 2 rings (SSSR count). The normalized spacial score (nSPS) is 12.8. The van der Waals surface area contributed by atoms with Gasteiger partial charge in [-0.2, -0.15) is 0 Å². The third-order valence-electron chi connectivity index (χ3n) is 3.17. The van der Waals surface area contributed by atoms with Crippen molar-refractivity contribution in [2.75, 3.05) is 5.32 Å². The number of benzene rings is 1. The number of nitrogens with zero attached hydrogens (tertiary/aromatic N) is 2. The SMILES string of the molecule is CC(C)(C)C(N)C(=O)Nc1cnc(-c2ccccc2)nc1. The summed E-state index contributed by atoms with van der Waals surface area (Å²) in [7, 11) is 0. The first kappa shape index (κ1) is 15.1. The first-order valence-corrected chi connectivity index (χ1v) is 6.82. The Labute approximate surface area is 124 Å². The van der Waals surface area contributed by atoms with Gasteiger partial charge in [0.2, 0.25) is 5.91 Å². The van der Waals surface area contributed by atoms with E-state index in [4.69, 9.17) is 5.73 Å². The second-order valence-corrected chi connectivity index (χ2v) is 5.99. The van der Waals surface area contributed by atoms with Gasteiger partial charge in [0.15, 0.2) is 5.82 Å². The molecule has 0 aliphatic heterocycles. The minimum absolute atomic E-state index is 0.237. The van der Waals surface area contributed by atoms with Crippen LogP contribution in [-0.2, 0) is 4.79 Å². The van der Waals surface area contributed by atoms with E-state index in [2.05, 4.69) is 15.3 Å². The molecule has 1 atom stereocenters. The summed E-state index contributed by atoms with van der Waals surface area (Å²) < 4.78 is 0. The number of aromatic nitrogens is 2. The van der Waals surface area contributed by atoms with E-state index in [0.29, 0.717) is 11.5 Å². The van der Waals surface area contributed by atoms with Gasteiger partial charge in [-0.3, -0.25) is 4.79 Å². The minimum atomic E-state index is -0.591. The second kappa shape index (κ2) is 6.01. The van der Waals surface area contributed by atoms with E-state index < -0.39 is 6.04 Å². The van der Waals surface area contributed by atoms with Crippen LogP contribution in [0.5, 0.6) is 0 Å². The monoisotopic (exact) mass is 284 g/mol. The van der Waals surface area contributed by atoms with Crippen molar-refractivity contribution in [2.24, 2.45) is 11.1 Å². The number of anilines is 1. The predicted molar refractivity (Wildman–Crippen MR) is 83.5 cm³/mol. The highest BCUT2D eigenvalue weighted by atomic mass is 16.2. The number of nitrogens with one attached hydrogen (secondary N) is 1. The summed E-state index contributed by atoms with van der Waals surface area (Å²) in [5, 5.41) is 2.74. The van der Waals surface area contributed by atoms with E-state index in [1.807, 2.05) is 51.1 Å². The van der Waals surface area contributed by atoms with Gasteiger partial charge in [0.25, 0.3) is 0 Å². The number of hydrogen-bond acceptors (Lipinski definition) is 4. The fraction of sp³-hybridized carbons (Fsp3) is 0.312. The molecule has 0 aliphatic carbocycles. The molecular weight excluding hydrogens is 264 g/mol. The number of amides is 1. The molecule has 0 saturated carbocycles. The molecule has 110 valence electrons. The summed E-state index contributed by atoms with van der Waals surface area (Å²) in [4.78, 5) is 20.5. The lowest BCUT2D eigenvalue weighted by atomic mass is 9.87. The molecule has 1 aromatic carbocycles. The van der Waals surface area contributed by atoms with Gasteiger partial charge in [-0.15, -0.1) is 0 Å². The molecule has 0 saturated heterocycles. The van der Waals surface area contributed by atoms with Gasteiger partial charge in [0, 0.05) is 5.56 Å².